The maximum atomic E-state index is 12.4. The molecule has 7 nitrogen and oxygen atoms in total. The number of nitrogens with zero attached hydrogens (tertiary/aromatic N) is 1. The van der Waals surface area contributed by atoms with Crippen LogP contribution in [0.4, 0.5) is 5.69 Å². The normalized spacial score (nSPS) is 14.4. The number of hydrogen-bond donors (Lipinski definition) is 2. The fourth-order valence-electron chi connectivity index (χ4n) is 3.81. The molecular formula is C24H25N3O4. The van der Waals surface area contributed by atoms with Crippen LogP contribution in [-0.4, -0.2) is 36.9 Å². The minimum absolute atomic E-state index is 0.166. The van der Waals surface area contributed by atoms with Gasteiger partial charge < -0.3 is 19.8 Å². The van der Waals surface area contributed by atoms with Gasteiger partial charge in [0.25, 0.3) is 0 Å². The zero-order chi connectivity index (χ0) is 21.6. The van der Waals surface area contributed by atoms with Crippen molar-refractivity contribution in [1.29, 1.82) is 0 Å². The molecule has 3 aromatic rings. The minimum atomic E-state index is -0.715. The van der Waals surface area contributed by atoms with Crippen molar-refractivity contribution in [1.82, 2.24) is 10.2 Å². The van der Waals surface area contributed by atoms with Gasteiger partial charge in [0.1, 0.15) is 11.5 Å². The molecule has 0 spiro atoms. The lowest BCUT2D eigenvalue weighted by atomic mass is 9.98. The van der Waals surface area contributed by atoms with Crippen LogP contribution in [-0.2, 0) is 22.6 Å². The van der Waals surface area contributed by atoms with E-state index in [9.17, 15) is 9.59 Å². The molecule has 0 saturated carbocycles. The van der Waals surface area contributed by atoms with E-state index >= 15 is 0 Å². The van der Waals surface area contributed by atoms with Crippen molar-refractivity contribution in [3.8, 4) is 5.75 Å². The predicted molar refractivity (Wildman–Crippen MR) is 117 cm³/mol. The largest absolute Gasteiger partial charge is 0.497 e. The Bertz CT molecular complexity index is 1030. The minimum Gasteiger partial charge on any atom is -0.497 e. The van der Waals surface area contributed by atoms with Gasteiger partial charge in [-0.25, -0.2) is 0 Å². The Kier molecular flexibility index (Phi) is 6.33. The Labute approximate surface area is 181 Å². The molecule has 1 atom stereocenters. The third kappa shape index (κ3) is 4.95. The summed E-state index contributed by atoms with van der Waals surface area (Å²) in [6.07, 6.45) is 2.55. The van der Waals surface area contributed by atoms with Crippen LogP contribution in [0.25, 0.3) is 0 Å². The van der Waals surface area contributed by atoms with Gasteiger partial charge in [0.2, 0.25) is 0 Å². The average Bonchev–Trinajstić information content (AvgIpc) is 3.34. The van der Waals surface area contributed by atoms with Gasteiger partial charge >= 0.3 is 11.8 Å². The molecule has 2 amide bonds. The van der Waals surface area contributed by atoms with Crippen LogP contribution in [0.2, 0.25) is 0 Å². The van der Waals surface area contributed by atoms with E-state index in [2.05, 4.69) is 33.7 Å². The number of nitrogens with one attached hydrogen (secondary N) is 2. The number of rotatable bonds is 6. The summed E-state index contributed by atoms with van der Waals surface area (Å²) in [6.45, 7) is 1.87. The van der Waals surface area contributed by atoms with E-state index in [-0.39, 0.29) is 12.6 Å². The molecule has 7 heteroatoms. The van der Waals surface area contributed by atoms with E-state index in [4.69, 9.17) is 9.15 Å². The predicted octanol–water partition coefficient (Wildman–Crippen LogP) is 3.14. The van der Waals surface area contributed by atoms with E-state index < -0.39 is 11.8 Å². The van der Waals surface area contributed by atoms with Crippen LogP contribution in [0.1, 0.15) is 22.9 Å². The van der Waals surface area contributed by atoms with Crippen molar-refractivity contribution < 1.29 is 18.7 Å². The maximum Gasteiger partial charge on any atom is 0.313 e. The fraction of sp³-hybridized carbons (Fsp3) is 0.250. The van der Waals surface area contributed by atoms with Gasteiger partial charge in [0.15, 0.2) is 0 Å². The molecule has 0 saturated heterocycles. The average molecular weight is 419 g/mol. The van der Waals surface area contributed by atoms with Crippen molar-refractivity contribution in [3.05, 3.63) is 83.8 Å². The Morgan fingerprint density at radius 1 is 1.03 bits per heavy atom. The molecule has 2 N–H and O–H groups in total. The summed E-state index contributed by atoms with van der Waals surface area (Å²) in [4.78, 5) is 27.0. The second-order valence-corrected chi connectivity index (χ2v) is 7.41. The van der Waals surface area contributed by atoms with Gasteiger partial charge in [-0.05, 0) is 53.9 Å². The first kappa shape index (κ1) is 20.7. The summed E-state index contributed by atoms with van der Waals surface area (Å²) in [5.41, 5.74) is 3.14. The van der Waals surface area contributed by atoms with Crippen LogP contribution in [0.15, 0.2) is 71.3 Å². The first-order chi connectivity index (χ1) is 15.1. The lowest BCUT2D eigenvalue weighted by molar-refractivity contribution is -0.136. The number of ether oxygens (including phenoxy) is 1. The first-order valence-corrected chi connectivity index (χ1v) is 10.2. The quantitative estimate of drug-likeness (QED) is 0.600. The van der Waals surface area contributed by atoms with Crippen molar-refractivity contribution in [2.24, 2.45) is 0 Å². The third-order valence-electron chi connectivity index (χ3n) is 5.48. The molecule has 31 heavy (non-hydrogen) atoms. The Balaban J connectivity index is 1.39. The molecule has 0 radical (unpaired) electrons. The number of benzene rings is 2. The molecule has 0 unspecified atom stereocenters. The lowest BCUT2D eigenvalue weighted by Gasteiger charge is -2.34. The number of carbonyl (C=O) groups excluding carboxylic acids is 2. The summed E-state index contributed by atoms with van der Waals surface area (Å²) in [5, 5.41) is 5.36. The molecule has 4 rings (SSSR count). The van der Waals surface area contributed by atoms with E-state index in [1.54, 1.807) is 37.6 Å². The Hall–Kier alpha value is -3.58. The molecule has 1 aliphatic rings. The smallest absolute Gasteiger partial charge is 0.313 e. The standard InChI is InChI=1S/C24H25N3O4/c1-30-20-10-8-19(9-11-20)26-24(29)23(28)25-15-21(22-7-4-14-31-22)27-13-12-17-5-2-3-6-18(17)16-27/h2-11,14,21H,12-13,15-16H2,1H3,(H,25,28)(H,26,29)/t21-/m0/s1. The maximum absolute atomic E-state index is 12.4. The number of methoxy groups -OCH3 is 1. The highest BCUT2D eigenvalue weighted by Gasteiger charge is 2.27. The van der Waals surface area contributed by atoms with Gasteiger partial charge in [0, 0.05) is 25.3 Å². The summed E-state index contributed by atoms with van der Waals surface area (Å²) in [6, 6.07) is 18.7. The number of carbonyl (C=O) groups is 2. The molecule has 160 valence electrons. The van der Waals surface area contributed by atoms with E-state index in [0.717, 1.165) is 25.3 Å². The van der Waals surface area contributed by atoms with Crippen LogP contribution >= 0.6 is 0 Å². The highest BCUT2D eigenvalue weighted by Crippen LogP contribution is 2.28. The van der Waals surface area contributed by atoms with Crippen molar-refractivity contribution >= 4 is 17.5 Å². The highest BCUT2D eigenvalue weighted by atomic mass is 16.5. The summed E-state index contributed by atoms with van der Waals surface area (Å²) in [5.74, 6) is 0.0271. The molecular weight excluding hydrogens is 394 g/mol. The van der Waals surface area contributed by atoms with Crippen LogP contribution in [0.5, 0.6) is 5.75 Å². The van der Waals surface area contributed by atoms with Crippen molar-refractivity contribution in [3.63, 3.8) is 0 Å². The topological polar surface area (TPSA) is 83.8 Å². The second-order valence-electron chi connectivity index (χ2n) is 7.41. The molecule has 0 bridgehead atoms. The lowest BCUT2D eigenvalue weighted by Crippen LogP contribution is -2.43. The SMILES string of the molecule is COc1ccc(NC(=O)C(=O)NC[C@@H](c2ccco2)N2CCc3ccccc3C2)cc1. The molecule has 1 aliphatic heterocycles. The summed E-state index contributed by atoms with van der Waals surface area (Å²) < 4.78 is 10.7. The van der Waals surface area contributed by atoms with Crippen molar-refractivity contribution in [2.45, 2.75) is 19.0 Å². The number of amides is 2. The van der Waals surface area contributed by atoms with E-state index in [1.807, 2.05) is 18.2 Å². The zero-order valence-corrected chi connectivity index (χ0v) is 17.3. The Morgan fingerprint density at radius 3 is 2.52 bits per heavy atom. The van der Waals surface area contributed by atoms with Crippen LogP contribution < -0.4 is 15.4 Å². The van der Waals surface area contributed by atoms with Crippen molar-refractivity contribution in [2.75, 3.05) is 25.5 Å². The van der Waals surface area contributed by atoms with Crippen LogP contribution in [0.3, 0.4) is 0 Å². The number of fused-ring (bicyclic) bond motifs is 1. The number of hydrogen-bond acceptors (Lipinski definition) is 5. The molecule has 0 fully saturated rings. The molecule has 2 aromatic carbocycles. The fourth-order valence-corrected chi connectivity index (χ4v) is 3.81. The monoisotopic (exact) mass is 419 g/mol. The molecule has 1 aromatic heterocycles. The van der Waals surface area contributed by atoms with Crippen LogP contribution in [0, 0.1) is 0 Å². The molecule has 0 aliphatic carbocycles. The second kappa shape index (κ2) is 9.49. The third-order valence-corrected chi connectivity index (χ3v) is 5.48. The first-order valence-electron chi connectivity index (χ1n) is 10.2. The van der Waals surface area contributed by atoms with Gasteiger partial charge in [-0.3, -0.25) is 14.5 Å². The summed E-state index contributed by atoms with van der Waals surface area (Å²) in [7, 11) is 1.57. The molecule has 2 heterocycles. The highest BCUT2D eigenvalue weighted by molar-refractivity contribution is 6.39. The Morgan fingerprint density at radius 2 is 1.81 bits per heavy atom. The number of furan rings is 1. The zero-order valence-electron chi connectivity index (χ0n) is 17.3. The van der Waals surface area contributed by atoms with Gasteiger partial charge in [-0.15, -0.1) is 0 Å². The number of anilines is 1. The summed E-state index contributed by atoms with van der Waals surface area (Å²) >= 11 is 0. The van der Waals surface area contributed by atoms with Gasteiger partial charge in [0.05, 0.1) is 19.4 Å². The van der Waals surface area contributed by atoms with E-state index in [0.29, 0.717) is 11.4 Å². The van der Waals surface area contributed by atoms with Gasteiger partial charge in [-0.1, -0.05) is 24.3 Å². The van der Waals surface area contributed by atoms with Gasteiger partial charge in [-0.2, -0.15) is 0 Å². The van der Waals surface area contributed by atoms with E-state index in [1.165, 1.54) is 11.1 Å².